The van der Waals surface area contributed by atoms with E-state index in [0.29, 0.717) is 10.5 Å². The minimum atomic E-state index is -0.338. The van der Waals surface area contributed by atoms with Crippen molar-refractivity contribution in [2.24, 2.45) is 0 Å². The lowest BCUT2D eigenvalue weighted by Crippen LogP contribution is -2.00. The van der Waals surface area contributed by atoms with Gasteiger partial charge in [-0.15, -0.1) is 0 Å². The summed E-state index contributed by atoms with van der Waals surface area (Å²) in [4.78, 5) is 4.52. The monoisotopic (exact) mass is 250 g/mol. The summed E-state index contributed by atoms with van der Waals surface area (Å²) in [7, 11) is 1.87. The average Bonchev–Trinajstić information content (AvgIpc) is 2.73. The minimum Gasteiger partial charge on any atom is -0.387 e. The Morgan fingerprint density at radius 2 is 2.18 bits per heavy atom. The quantitative estimate of drug-likeness (QED) is 0.837. The number of hydrogen-bond donors (Lipinski definition) is 1. The summed E-state index contributed by atoms with van der Waals surface area (Å²) >= 11 is 6.13. The second-order valence-electron chi connectivity index (χ2n) is 4.30. The fourth-order valence-corrected chi connectivity index (χ4v) is 2.88. The summed E-state index contributed by atoms with van der Waals surface area (Å²) in [6.07, 6.45) is 3.09. The summed E-state index contributed by atoms with van der Waals surface area (Å²) in [5, 5.41) is 4.44. The fourth-order valence-electron chi connectivity index (χ4n) is 2.59. The van der Waals surface area contributed by atoms with Crippen LogP contribution in [0.3, 0.4) is 0 Å². The van der Waals surface area contributed by atoms with Crippen LogP contribution in [-0.4, -0.2) is 12.0 Å². The minimum absolute atomic E-state index is 0.338. The van der Waals surface area contributed by atoms with Gasteiger partial charge >= 0.3 is 0 Å². The highest BCUT2D eigenvalue weighted by atomic mass is 35.5. The van der Waals surface area contributed by atoms with Crippen molar-refractivity contribution < 1.29 is 4.39 Å². The highest BCUT2D eigenvalue weighted by Gasteiger charge is 2.20. The first-order chi connectivity index (χ1) is 8.20. The van der Waals surface area contributed by atoms with Gasteiger partial charge < -0.3 is 5.32 Å². The van der Waals surface area contributed by atoms with Gasteiger partial charge in [-0.25, -0.2) is 4.39 Å². The summed E-state index contributed by atoms with van der Waals surface area (Å²) < 4.78 is 13.3. The normalized spacial score (nSPS) is 14.1. The lowest BCUT2D eigenvalue weighted by atomic mass is 10.1. The Kier molecular flexibility index (Phi) is 2.44. The van der Waals surface area contributed by atoms with Gasteiger partial charge in [0.05, 0.1) is 10.5 Å². The van der Waals surface area contributed by atoms with Crippen molar-refractivity contribution in [3.63, 3.8) is 0 Å². The van der Waals surface area contributed by atoms with Crippen LogP contribution >= 0.6 is 11.6 Å². The van der Waals surface area contributed by atoms with Crippen LogP contribution < -0.4 is 5.32 Å². The van der Waals surface area contributed by atoms with E-state index in [0.717, 1.165) is 36.0 Å². The Morgan fingerprint density at radius 1 is 1.35 bits per heavy atom. The SMILES string of the molecule is CNc1c2c(nc3cc(F)cc(Cl)c13)CCC2. The van der Waals surface area contributed by atoms with Crippen LogP contribution in [0, 0.1) is 5.82 Å². The lowest BCUT2D eigenvalue weighted by Gasteiger charge is -2.13. The topological polar surface area (TPSA) is 24.9 Å². The molecule has 0 bridgehead atoms. The van der Waals surface area contributed by atoms with Gasteiger partial charge in [0.25, 0.3) is 0 Å². The molecule has 88 valence electrons. The number of benzene rings is 1. The molecule has 1 aliphatic rings. The van der Waals surface area contributed by atoms with Crippen molar-refractivity contribution in [2.45, 2.75) is 19.3 Å². The number of aryl methyl sites for hydroxylation is 1. The first-order valence-corrected chi connectivity index (χ1v) is 6.06. The highest BCUT2D eigenvalue weighted by molar-refractivity contribution is 6.36. The average molecular weight is 251 g/mol. The molecule has 1 aromatic heterocycles. The molecule has 0 fully saturated rings. The second-order valence-corrected chi connectivity index (χ2v) is 4.70. The first kappa shape index (κ1) is 10.8. The molecular weight excluding hydrogens is 239 g/mol. The number of anilines is 1. The molecule has 0 aliphatic heterocycles. The number of rotatable bonds is 1. The van der Waals surface area contributed by atoms with Crippen molar-refractivity contribution in [3.8, 4) is 0 Å². The van der Waals surface area contributed by atoms with Gasteiger partial charge in [0.1, 0.15) is 5.82 Å². The molecule has 17 heavy (non-hydrogen) atoms. The number of aromatic nitrogens is 1. The number of nitrogens with one attached hydrogen (secondary N) is 1. The Labute approximate surface area is 104 Å². The molecule has 0 unspecified atom stereocenters. The molecule has 2 nitrogen and oxygen atoms in total. The van der Waals surface area contributed by atoms with Gasteiger partial charge in [-0.3, -0.25) is 4.98 Å². The van der Waals surface area contributed by atoms with Crippen LogP contribution in [0.5, 0.6) is 0 Å². The molecular formula is C13H12ClFN2. The van der Waals surface area contributed by atoms with Gasteiger partial charge in [-0.05, 0) is 30.9 Å². The lowest BCUT2D eigenvalue weighted by molar-refractivity contribution is 0.629. The molecule has 4 heteroatoms. The molecule has 1 aliphatic carbocycles. The number of halogens is 2. The van der Waals surface area contributed by atoms with Crippen LogP contribution in [0.4, 0.5) is 10.1 Å². The molecule has 0 spiro atoms. The van der Waals surface area contributed by atoms with E-state index in [-0.39, 0.29) is 5.82 Å². The maximum absolute atomic E-state index is 13.3. The van der Waals surface area contributed by atoms with Crippen LogP contribution in [-0.2, 0) is 12.8 Å². The van der Waals surface area contributed by atoms with Crippen LogP contribution in [0.2, 0.25) is 5.02 Å². The molecule has 0 saturated carbocycles. The zero-order valence-electron chi connectivity index (χ0n) is 9.48. The molecule has 3 rings (SSSR count). The number of hydrogen-bond acceptors (Lipinski definition) is 2. The number of nitrogens with zero attached hydrogens (tertiary/aromatic N) is 1. The molecule has 0 amide bonds. The molecule has 1 heterocycles. The van der Waals surface area contributed by atoms with Crippen molar-refractivity contribution in [1.29, 1.82) is 0 Å². The van der Waals surface area contributed by atoms with Gasteiger partial charge in [-0.2, -0.15) is 0 Å². The van der Waals surface area contributed by atoms with E-state index in [4.69, 9.17) is 11.6 Å². The van der Waals surface area contributed by atoms with Crippen molar-refractivity contribution in [1.82, 2.24) is 4.98 Å². The fraction of sp³-hybridized carbons (Fsp3) is 0.308. The van der Waals surface area contributed by atoms with E-state index in [1.54, 1.807) is 0 Å². The highest BCUT2D eigenvalue weighted by Crippen LogP contribution is 2.37. The van der Waals surface area contributed by atoms with E-state index in [9.17, 15) is 4.39 Å². The standard InChI is InChI=1S/C13H12ClFN2/c1-16-13-8-3-2-4-10(8)17-11-6-7(15)5-9(14)12(11)13/h5-6H,2-4H2,1H3,(H,16,17). The Bertz CT molecular complexity index is 610. The maximum atomic E-state index is 13.3. The molecule has 0 atom stereocenters. The summed E-state index contributed by atoms with van der Waals surface area (Å²) in [5.41, 5.74) is 3.95. The Balaban J connectivity index is 2.45. The van der Waals surface area contributed by atoms with E-state index in [1.807, 2.05) is 7.05 Å². The predicted molar refractivity (Wildman–Crippen MR) is 68.3 cm³/mol. The van der Waals surface area contributed by atoms with Crippen molar-refractivity contribution in [2.75, 3.05) is 12.4 Å². The van der Waals surface area contributed by atoms with E-state index in [2.05, 4.69) is 10.3 Å². The van der Waals surface area contributed by atoms with Crippen molar-refractivity contribution in [3.05, 3.63) is 34.2 Å². The zero-order chi connectivity index (χ0) is 12.0. The van der Waals surface area contributed by atoms with E-state index < -0.39 is 0 Å². The Morgan fingerprint density at radius 3 is 2.94 bits per heavy atom. The van der Waals surface area contributed by atoms with Gasteiger partial charge in [0.15, 0.2) is 0 Å². The summed E-state index contributed by atoms with van der Waals surface area (Å²) in [6.45, 7) is 0. The van der Waals surface area contributed by atoms with Crippen LogP contribution in [0.15, 0.2) is 12.1 Å². The first-order valence-electron chi connectivity index (χ1n) is 5.69. The predicted octanol–water partition coefficient (Wildman–Crippen LogP) is 3.56. The van der Waals surface area contributed by atoms with Gasteiger partial charge in [0, 0.05) is 29.9 Å². The molecule has 2 aromatic rings. The van der Waals surface area contributed by atoms with Crippen molar-refractivity contribution >= 4 is 28.2 Å². The van der Waals surface area contributed by atoms with Gasteiger partial charge in [-0.1, -0.05) is 11.6 Å². The third-order valence-corrected chi connectivity index (χ3v) is 3.58. The maximum Gasteiger partial charge on any atom is 0.126 e. The largest absolute Gasteiger partial charge is 0.387 e. The summed E-state index contributed by atoms with van der Waals surface area (Å²) in [5.74, 6) is -0.338. The number of pyridine rings is 1. The third kappa shape index (κ3) is 1.57. The molecule has 0 radical (unpaired) electrons. The van der Waals surface area contributed by atoms with E-state index in [1.165, 1.54) is 17.7 Å². The number of fused-ring (bicyclic) bond motifs is 2. The smallest absolute Gasteiger partial charge is 0.126 e. The van der Waals surface area contributed by atoms with Crippen LogP contribution in [0.1, 0.15) is 17.7 Å². The van der Waals surface area contributed by atoms with Gasteiger partial charge in [0.2, 0.25) is 0 Å². The summed E-state index contributed by atoms with van der Waals surface area (Å²) in [6, 6.07) is 2.79. The van der Waals surface area contributed by atoms with Crippen LogP contribution in [0.25, 0.3) is 10.9 Å². The third-order valence-electron chi connectivity index (χ3n) is 3.28. The zero-order valence-corrected chi connectivity index (χ0v) is 10.2. The molecule has 1 aromatic carbocycles. The molecule has 0 saturated heterocycles. The molecule has 1 N–H and O–H groups in total. The van der Waals surface area contributed by atoms with E-state index >= 15 is 0 Å². The Hall–Kier alpha value is -1.35. The second kappa shape index (κ2) is 3.84.